The van der Waals surface area contributed by atoms with Crippen molar-refractivity contribution in [3.8, 4) is 17.0 Å². The predicted molar refractivity (Wildman–Crippen MR) is 126 cm³/mol. The zero-order valence-corrected chi connectivity index (χ0v) is 18.9. The Hall–Kier alpha value is -2.87. The van der Waals surface area contributed by atoms with E-state index < -0.39 is 6.10 Å². The fourth-order valence-electron chi connectivity index (χ4n) is 3.26. The molecule has 0 radical (unpaired) electrons. The van der Waals surface area contributed by atoms with E-state index in [4.69, 9.17) is 32.7 Å². The smallest absolute Gasteiger partial charge is 0.265 e. The Morgan fingerprint density at radius 2 is 1.91 bits per heavy atom. The van der Waals surface area contributed by atoms with E-state index in [2.05, 4.69) is 20.4 Å². The lowest BCUT2D eigenvalue weighted by Gasteiger charge is -2.27. The van der Waals surface area contributed by atoms with Crippen LogP contribution in [0.2, 0.25) is 10.0 Å². The van der Waals surface area contributed by atoms with E-state index in [9.17, 15) is 4.79 Å². The van der Waals surface area contributed by atoms with Crippen LogP contribution in [0.5, 0.6) is 5.75 Å². The third-order valence-electron chi connectivity index (χ3n) is 4.98. The Bertz CT molecular complexity index is 1090. The Labute approximate surface area is 196 Å². The molecule has 1 unspecified atom stereocenters. The summed E-state index contributed by atoms with van der Waals surface area (Å²) in [5.74, 6) is 0.915. The highest BCUT2D eigenvalue weighted by Crippen LogP contribution is 2.28. The molecule has 1 N–H and O–H groups in total. The Balaban J connectivity index is 1.41. The molecule has 1 aliphatic rings. The minimum Gasteiger partial charge on any atom is -0.479 e. The van der Waals surface area contributed by atoms with Crippen LogP contribution in [0.1, 0.15) is 6.92 Å². The van der Waals surface area contributed by atoms with Gasteiger partial charge in [-0.25, -0.2) is 0 Å². The van der Waals surface area contributed by atoms with E-state index in [1.54, 1.807) is 31.2 Å². The molecular weight excluding hydrogens is 451 g/mol. The number of benzene rings is 2. The molecule has 1 aliphatic heterocycles. The molecule has 1 fully saturated rings. The molecule has 7 nitrogen and oxygen atoms in total. The number of carbonyl (C=O) groups is 1. The van der Waals surface area contributed by atoms with Gasteiger partial charge in [0.2, 0.25) is 0 Å². The van der Waals surface area contributed by atoms with Gasteiger partial charge in [0, 0.05) is 29.4 Å². The molecule has 1 saturated heterocycles. The van der Waals surface area contributed by atoms with E-state index in [-0.39, 0.29) is 5.91 Å². The fourth-order valence-corrected chi connectivity index (χ4v) is 3.71. The number of aromatic nitrogens is 2. The summed E-state index contributed by atoms with van der Waals surface area (Å²) in [6, 6.07) is 16.1. The first kappa shape index (κ1) is 22.3. The van der Waals surface area contributed by atoms with Crippen LogP contribution in [0.15, 0.2) is 54.6 Å². The molecule has 4 rings (SSSR count). The molecule has 0 aliphatic carbocycles. The summed E-state index contributed by atoms with van der Waals surface area (Å²) in [7, 11) is 0. The lowest BCUT2D eigenvalue weighted by atomic mass is 10.1. The molecule has 32 heavy (non-hydrogen) atoms. The molecule has 0 spiro atoms. The van der Waals surface area contributed by atoms with E-state index in [0.717, 1.165) is 30.2 Å². The van der Waals surface area contributed by atoms with Gasteiger partial charge < -0.3 is 19.7 Å². The molecule has 1 amide bonds. The number of ether oxygens (including phenoxy) is 2. The molecule has 1 atom stereocenters. The minimum atomic E-state index is -0.759. The summed E-state index contributed by atoms with van der Waals surface area (Å²) in [6.07, 6.45) is -0.759. The zero-order chi connectivity index (χ0) is 22.5. The van der Waals surface area contributed by atoms with Gasteiger partial charge in [-0.1, -0.05) is 35.3 Å². The average molecular weight is 473 g/mol. The van der Waals surface area contributed by atoms with Crippen molar-refractivity contribution in [2.24, 2.45) is 0 Å². The first-order valence-electron chi connectivity index (χ1n) is 10.2. The summed E-state index contributed by atoms with van der Waals surface area (Å²) in [5.41, 5.74) is 2.19. The molecule has 166 valence electrons. The highest BCUT2D eigenvalue weighted by molar-refractivity contribution is 6.35. The van der Waals surface area contributed by atoms with Crippen LogP contribution in [0.3, 0.4) is 0 Å². The summed E-state index contributed by atoms with van der Waals surface area (Å²) < 4.78 is 11.1. The van der Waals surface area contributed by atoms with Gasteiger partial charge >= 0.3 is 0 Å². The number of morpholine rings is 1. The highest BCUT2D eigenvalue weighted by Gasteiger charge is 2.17. The van der Waals surface area contributed by atoms with Gasteiger partial charge in [-0.3, -0.25) is 4.79 Å². The molecule has 1 aromatic heterocycles. The van der Waals surface area contributed by atoms with Crippen LogP contribution in [-0.4, -0.2) is 48.5 Å². The zero-order valence-electron chi connectivity index (χ0n) is 17.4. The SMILES string of the molecule is CC(Oc1ccc(Cl)cc1Cl)C(=O)Nc1cccc(-c2ccc(N3CCOCC3)nn2)c1. The van der Waals surface area contributed by atoms with Crippen molar-refractivity contribution < 1.29 is 14.3 Å². The van der Waals surface area contributed by atoms with Crippen molar-refractivity contribution in [2.75, 3.05) is 36.5 Å². The van der Waals surface area contributed by atoms with Gasteiger partial charge in [0.05, 0.1) is 23.9 Å². The van der Waals surface area contributed by atoms with E-state index in [1.165, 1.54) is 0 Å². The summed E-state index contributed by atoms with van der Waals surface area (Å²) >= 11 is 12.0. The topological polar surface area (TPSA) is 76.6 Å². The van der Waals surface area contributed by atoms with Crippen molar-refractivity contribution in [3.05, 3.63) is 64.6 Å². The quantitative estimate of drug-likeness (QED) is 0.560. The second-order valence-corrected chi connectivity index (χ2v) is 8.12. The summed E-state index contributed by atoms with van der Waals surface area (Å²) in [6.45, 7) is 4.64. The fraction of sp³-hybridized carbons (Fsp3) is 0.261. The lowest BCUT2D eigenvalue weighted by Crippen LogP contribution is -2.36. The lowest BCUT2D eigenvalue weighted by molar-refractivity contribution is -0.122. The number of halogens is 2. The number of nitrogens with one attached hydrogen (secondary N) is 1. The van der Waals surface area contributed by atoms with E-state index in [0.29, 0.717) is 34.7 Å². The molecular formula is C23H22Cl2N4O3. The number of hydrogen-bond acceptors (Lipinski definition) is 6. The van der Waals surface area contributed by atoms with Gasteiger partial charge in [0.15, 0.2) is 11.9 Å². The largest absolute Gasteiger partial charge is 0.479 e. The third kappa shape index (κ3) is 5.48. The first-order chi connectivity index (χ1) is 15.5. The molecule has 2 aromatic carbocycles. The van der Waals surface area contributed by atoms with E-state index >= 15 is 0 Å². The Morgan fingerprint density at radius 3 is 2.62 bits per heavy atom. The third-order valence-corrected chi connectivity index (χ3v) is 5.51. The predicted octanol–water partition coefficient (Wildman–Crippen LogP) is 4.69. The number of carbonyl (C=O) groups excluding carboxylic acids is 1. The van der Waals surface area contributed by atoms with Gasteiger partial charge in [-0.2, -0.15) is 0 Å². The maximum Gasteiger partial charge on any atom is 0.265 e. The van der Waals surface area contributed by atoms with Crippen molar-refractivity contribution in [3.63, 3.8) is 0 Å². The van der Waals surface area contributed by atoms with Gasteiger partial charge in [0.1, 0.15) is 5.75 Å². The van der Waals surface area contributed by atoms with Crippen LogP contribution in [-0.2, 0) is 9.53 Å². The highest BCUT2D eigenvalue weighted by atomic mass is 35.5. The summed E-state index contributed by atoms with van der Waals surface area (Å²) in [5, 5.41) is 12.4. The molecule has 0 bridgehead atoms. The van der Waals surface area contributed by atoms with Crippen LogP contribution in [0, 0.1) is 0 Å². The standard InChI is InChI=1S/C23H22Cl2N4O3/c1-15(32-21-7-5-17(24)14-19(21)25)23(30)26-18-4-2-3-16(13-18)20-6-8-22(28-27-20)29-9-11-31-12-10-29/h2-8,13-15H,9-12H2,1H3,(H,26,30). The normalized spacial score (nSPS) is 14.7. The van der Waals surface area contributed by atoms with Gasteiger partial charge in [-0.15, -0.1) is 10.2 Å². The van der Waals surface area contributed by atoms with Crippen LogP contribution in [0.4, 0.5) is 11.5 Å². The minimum absolute atomic E-state index is 0.304. The second-order valence-electron chi connectivity index (χ2n) is 7.28. The number of anilines is 2. The Kier molecular flexibility index (Phi) is 7.09. The molecule has 2 heterocycles. The molecule has 9 heteroatoms. The van der Waals surface area contributed by atoms with Gasteiger partial charge in [0.25, 0.3) is 5.91 Å². The van der Waals surface area contributed by atoms with Crippen molar-refractivity contribution in [1.29, 1.82) is 0 Å². The first-order valence-corrected chi connectivity index (χ1v) is 10.9. The monoisotopic (exact) mass is 472 g/mol. The van der Waals surface area contributed by atoms with Gasteiger partial charge in [-0.05, 0) is 49.4 Å². The number of nitrogens with zero attached hydrogens (tertiary/aromatic N) is 3. The van der Waals surface area contributed by atoms with E-state index in [1.807, 2.05) is 30.3 Å². The van der Waals surface area contributed by atoms with Crippen molar-refractivity contribution in [1.82, 2.24) is 10.2 Å². The average Bonchev–Trinajstić information content (AvgIpc) is 2.81. The maximum atomic E-state index is 12.6. The van der Waals surface area contributed by atoms with Crippen LogP contribution >= 0.6 is 23.2 Å². The number of amides is 1. The second kappa shape index (κ2) is 10.2. The van der Waals surface area contributed by atoms with Crippen molar-refractivity contribution >= 4 is 40.6 Å². The number of hydrogen-bond donors (Lipinski definition) is 1. The maximum absolute atomic E-state index is 12.6. The van der Waals surface area contributed by atoms with Crippen molar-refractivity contribution in [2.45, 2.75) is 13.0 Å². The van der Waals surface area contributed by atoms with Crippen LogP contribution in [0.25, 0.3) is 11.3 Å². The summed E-state index contributed by atoms with van der Waals surface area (Å²) in [4.78, 5) is 14.8. The molecule has 3 aromatic rings. The van der Waals surface area contributed by atoms with Crippen LogP contribution < -0.4 is 15.0 Å². The Morgan fingerprint density at radius 1 is 1.09 bits per heavy atom. The number of rotatable bonds is 6. The molecule has 0 saturated carbocycles.